The standard InChI is InChI=1S/C52H35N3/c1-2-16-42(17-3-1)55-50-21-11-10-20-48(50)54-52(55)37-26-24-36(25-27-37)49-33-46(41-29-23-35-13-5-7-15-39(35)31-41)47-32-45(43-18-8-9-19-44(43)51(47)53-49)40-28-22-34-12-4-6-14-38(34)30-40/h1-7,10-33H,8-9H2. The SMILES string of the molecule is C1=c2c(-c3ccc4ccccc4c3)cc3c(-c4ccc5ccccc5c4)cc(-c4ccc(-c5nc6ccccc6n5-c5ccccc5)cc4)nc3c2=CCC1. The molecule has 0 radical (unpaired) electrons. The van der Waals surface area contributed by atoms with Crippen molar-refractivity contribution >= 4 is 55.6 Å². The third kappa shape index (κ3) is 5.35. The van der Waals surface area contributed by atoms with Gasteiger partial charge >= 0.3 is 0 Å². The number of hydrogen-bond donors (Lipinski definition) is 0. The lowest BCUT2D eigenvalue weighted by molar-refractivity contribution is 1.10. The molecule has 0 spiro atoms. The lowest BCUT2D eigenvalue weighted by Gasteiger charge is -2.16. The summed E-state index contributed by atoms with van der Waals surface area (Å²) < 4.78 is 2.25. The summed E-state index contributed by atoms with van der Waals surface area (Å²) in [4.78, 5) is 10.6. The van der Waals surface area contributed by atoms with E-state index in [1.807, 2.05) is 0 Å². The van der Waals surface area contributed by atoms with E-state index in [0.29, 0.717) is 0 Å². The first kappa shape index (κ1) is 31.4. The summed E-state index contributed by atoms with van der Waals surface area (Å²) in [6, 6.07) is 63.2. The van der Waals surface area contributed by atoms with Crippen LogP contribution >= 0.6 is 0 Å². The van der Waals surface area contributed by atoms with Crippen LogP contribution in [0.2, 0.25) is 0 Å². The Bertz CT molecular complexity index is 3250. The lowest BCUT2D eigenvalue weighted by atomic mass is 9.90. The number of pyridine rings is 1. The van der Waals surface area contributed by atoms with E-state index >= 15 is 0 Å². The van der Waals surface area contributed by atoms with Crippen LogP contribution in [0.1, 0.15) is 12.8 Å². The number of benzene rings is 8. The molecule has 0 amide bonds. The second kappa shape index (κ2) is 12.8. The largest absolute Gasteiger partial charge is 0.292 e. The van der Waals surface area contributed by atoms with Gasteiger partial charge in [0, 0.05) is 27.4 Å². The number of aromatic nitrogens is 3. The molecular weight excluding hydrogens is 667 g/mol. The Labute approximate surface area is 318 Å². The van der Waals surface area contributed by atoms with Crippen LogP contribution in [0.15, 0.2) is 176 Å². The summed E-state index contributed by atoms with van der Waals surface area (Å²) in [7, 11) is 0. The van der Waals surface area contributed by atoms with E-state index in [9.17, 15) is 0 Å². The van der Waals surface area contributed by atoms with Crippen molar-refractivity contribution < 1.29 is 0 Å². The smallest absolute Gasteiger partial charge is 0.145 e. The molecular formula is C52H35N3. The molecule has 10 aromatic rings. The van der Waals surface area contributed by atoms with Crippen LogP contribution in [0.5, 0.6) is 0 Å². The first-order valence-electron chi connectivity index (χ1n) is 19.1. The van der Waals surface area contributed by atoms with Crippen molar-refractivity contribution in [2.45, 2.75) is 12.8 Å². The number of para-hydroxylation sites is 3. The fourth-order valence-corrected chi connectivity index (χ4v) is 8.47. The molecule has 0 saturated heterocycles. The fourth-order valence-electron chi connectivity index (χ4n) is 8.47. The molecule has 8 aromatic carbocycles. The van der Waals surface area contributed by atoms with Gasteiger partial charge in [-0.2, -0.15) is 0 Å². The average molecular weight is 702 g/mol. The monoisotopic (exact) mass is 701 g/mol. The molecule has 0 N–H and O–H groups in total. The van der Waals surface area contributed by atoms with E-state index in [-0.39, 0.29) is 0 Å². The van der Waals surface area contributed by atoms with Gasteiger partial charge in [0.15, 0.2) is 0 Å². The number of fused-ring (bicyclic) bond motifs is 6. The van der Waals surface area contributed by atoms with E-state index in [4.69, 9.17) is 9.97 Å². The van der Waals surface area contributed by atoms with Gasteiger partial charge in [-0.25, -0.2) is 9.97 Å². The van der Waals surface area contributed by atoms with Crippen molar-refractivity contribution in [2.24, 2.45) is 0 Å². The lowest BCUT2D eigenvalue weighted by Crippen LogP contribution is -2.30. The zero-order valence-corrected chi connectivity index (χ0v) is 30.2. The molecule has 0 unspecified atom stereocenters. The Morgan fingerprint density at radius 1 is 0.418 bits per heavy atom. The molecule has 3 nitrogen and oxygen atoms in total. The van der Waals surface area contributed by atoms with Crippen LogP contribution in [-0.4, -0.2) is 14.5 Å². The van der Waals surface area contributed by atoms with Gasteiger partial charge in [-0.15, -0.1) is 0 Å². The number of hydrogen-bond acceptors (Lipinski definition) is 2. The van der Waals surface area contributed by atoms with Crippen LogP contribution in [0.4, 0.5) is 0 Å². The van der Waals surface area contributed by atoms with E-state index in [2.05, 4.69) is 193 Å². The van der Waals surface area contributed by atoms with E-state index in [1.165, 1.54) is 59.6 Å². The van der Waals surface area contributed by atoms with Crippen LogP contribution < -0.4 is 10.4 Å². The predicted molar refractivity (Wildman–Crippen MR) is 231 cm³/mol. The summed E-state index contributed by atoms with van der Waals surface area (Å²) in [5, 5.41) is 8.63. The average Bonchev–Trinajstić information content (AvgIpc) is 3.65. The van der Waals surface area contributed by atoms with Crippen molar-refractivity contribution in [3.63, 3.8) is 0 Å². The van der Waals surface area contributed by atoms with E-state index in [0.717, 1.165) is 57.7 Å². The van der Waals surface area contributed by atoms with Crippen molar-refractivity contribution in [3.8, 4) is 50.6 Å². The highest BCUT2D eigenvalue weighted by Gasteiger charge is 2.18. The minimum atomic E-state index is 0.919. The first-order valence-corrected chi connectivity index (χ1v) is 19.1. The molecule has 0 atom stereocenters. The normalized spacial score (nSPS) is 12.5. The quantitative estimate of drug-likeness (QED) is 0.179. The minimum Gasteiger partial charge on any atom is -0.292 e. The summed E-state index contributed by atoms with van der Waals surface area (Å²) >= 11 is 0. The fraction of sp³-hybridized carbons (Fsp3) is 0.0385. The molecule has 11 rings (SSSR count). The summed E-state index contributed by atoms with van der Waals surface area (Å²) in [6.07, 6.45) is 6.83. The highest BCUT2D eigenvalue weighted by atomic mass is 15.1. The van der Waals surface area contributed by atoms with Gasteiger partial charge in [-0.1, -0.05) is 140 Å². The van der Waals surface area contributed by atoms with Gasteiger partial charge in [0.05, 0.1) is 22.2 Å². The van der Waals surface area contributed by atoms with Gasteiger partial charge in [0.2, 0.25) is 0 Å². The highest BCUT2D eigenvalue weighted by Crippen LogP contribution is 2.36. The first-order chi connectivity index (χ1) is 27.2. The molecule has 1 aliphatic rings. The molecule has 2 heterocycles. The zero-order chi connectivity index (χ0) is 36.3. The maximum Gasteiger partial charge on any atom is 0.145 e. The molecule has 0 saturated carbocycles. The summed E-state index contributed by atoms with van der Waals surface area (Å²) in [6.45, 7) is 0. The van der Waals surface area contributed by atoms with Gasteiger partial charge in [0.1, 0.15) is 5.82 Å². The van der Waals surface area contributed by atoms with Crippen molar-refractivity contribution in [3.05, 3.63) is 186 Å². The minimum absolute atomic E-state index is 0.919. The van der Waals surface area contributed by atoms with E-state index < -0.39 is 0 Å². The molecule has 3 heteroatoms. The molecule has 0 bridgehead atoms. The molecule has 1 aliphatic carbocycles. The molecule has 55 heavy (non-hydrogen) atoms. The molecule has 258 valence electrons. The Hall–Kier alpha value is -7.10. The van der Waals surface area contributed by atoms with Gasteiger partial charge in [-0.3, -0.25) is 4.57 Å². The topological polar surface area (TPSA) is 30.7 Å². The van der Waals surface area contributed by atoms with Crippen LogP contribution in [-0.2, 0) is 0 Å². The Morgan fingerprint density at radius 2 is 1.00 bits per heavy atom. The van der Waals surface area contributed by atoms with Gasteiger partial charge < -0.3 is 0 Å². The molecule has 2 aromatic heterocycles. The summed E-state index contributed by atoms with van der Waals surface area (Å²) in [5.41, 5.74) is 12.1. The second-order valence-corrected chi connectivity index (χ2v) is 14.5. The van der Waals surface area contributed by atoms with Crippen molar-refractivity contribution in [1.29, 1.82) is 0 Å². The number of nitrogens with zero attached hydrogens (tertiary/aromatic N) is 3. The van der Waals surface area contributed by atoms with Crippen molar-refractivity contribution in [2.75, 3.05) is 0 Å². The predicted octanol–water partition coefficient (Wildman–Crippen LogP) is 11.9. The third-order valence-electron chi connectivity index (χ3n) is 11.2. The maximum absolute atomic E-state index is 5.52. The number of rotatable bonds is 5. The van der Waals surface area contributed by atoms with E-state index in [1.54, 1.807) is 0 Å². The maximum atomic E-state index is 5.52. The van der Waals surface area contributed by atoms with Crippen LogP contribution in [0.25, 0.3) is 106 Å². The Morgan fingerprint density at radius 3 is 1.73 bits per heavy atom. The second-order valence-electron chi connectivity index (χ2n) is 14.5. The number of imidazole rings is 1. The van der Waals surface area contributed by atoms with Crippen molar-refractivity contribution in [1.82, 2.24) is 14.5 Å². The van der Waals surface area contributed by atoms with Gasteiger partial charge in [-0.05, 0) is 110 Å². The third-order valence-corrected chi connectivity index (χ3v) is 11.2. The van der Waals surface area contributed by atoms with Crippen LogP contribution in [0.3, 0.4) is 0 Å². The molecule has 0 aliphatic heterocycles. The van der Waals surface area contributed by atoms with Crippen LogP contribution in [0, 0.1) is 0 Å². The zero-order valence-electron chi connectivity index (χ0n) is 30.2. The Balaban J connectivity index is 1.12. The summed E-state index contributed by atoms with van der Waals surface area (Å²) in [5.74, 6) is 0.919. The highest BCUT2D eigenvalue weighted by molar-refractivity contribution is 6.02. The molecule has 0 fully saturated rings. The van der Waals surface area contributed by atoms with Gasteiger partial charge in [0.25, 0.3) is 0 Å². The Kier molecular flexibility index (Phi) is 7.31.